The maximum absolute atomic E-state index is 13.2. The quantitative estimate of drug-likeness (QED) is 0.641. The standard InChI is InChI=1S/C21H17F2N3O2/c1-14(26-20(27)6-5-15-9-17(22)12-18(23)10-15)16-3-2-4-19(11-16)28-21-13-24-7-8-25-21/h2-14H,1H3,(H,26,27). The first-order chi connectivity index (χ1) is 13.5. The fourth-order valence-electron chi connectivity index (χ4n) is 2.49. The minimum atomic E-state index is -0.701. The molecule has 0 saturated heterocycles. The Morgan fingerprint density at radius 1 is 1.14 bits per heavy atom. The van der Waals surface area contributed by atoms with Gasteiger partial charge in [-0.3, -0.25) is 9.78 Å². The van der Waals surface area contributed by atoms with E-state index in [1.165, 1.54) is 24.5 Å². The van der Waals surface area contributed by atoms with Crippen molar-refractivity contribution >= 4 is 12.0 Å². The summed E-state index contributed by atoms with van der Waals surface area (Å²) in [6.45, 7) is 1.81. The highest BCUT2D eigenvalue weighted by Gasteiger charge is 2.09. The lowest BCUT2D eigenvalue weighted by molar-refractivity contribution is -0.117. The van der Waals surface area contributed by atoms with Crippen LogP contribution in [0.25, 0.3) is 6.08 Å². The summed E-state index contributed by atoms with van der Waals surface area (Å²) in [4.78, 5) is 20.1. The molecule has 3 rings (SSSR count). The minimum absolute atomic E-state index is 0.264. The summed E-state index contributed by atoms with van der Waals surface area (Å²) in [6, 6.07) is 9.95. The van der Waals surface area contributed by atoms with E-state index in [2.05, 4.69) is 15.3 Å². The zero-order chi connectivity index (χ0) is 19.9. The van der Waals surface area contributed by atoms with Crippen LogP contribution in [-0.4, -0.2) is 15.9 Å². The molecule has 3 aromatic rings. The van der Waals surface area contributed by atoms with Crippen LogP contribution in [0.3, 0.4) is 0 Å². The minimum Gasteiger partial charge on any atom is -0.437 e. The molecule has 0 saturated carbocycles. The predicted molar refractivity (Wildman–Crippen MR) is 100 cm³/mol. The first-order valence-corrected chi connectivity index (χ1v) is 8.48. The van der Waals surface area contributed by atoms with Gasteiger partial charge in [-0.25, -0.2) is 13.8 Å². The van der Waals surface area contributed by atoms with E-state index in [9.17, 15) is 13.6 Å². The Morgan fingerprint density at radius 3 is 2.64 bits per heavy atom. The van der Waals surface area contributed by atoms with Crippen LogP contribution in [0.1, 0.15) is 24.1 Å². The molecule has 1 aromatic heterocycles. The number of halogens is 2. The van der Waals surface area contributed by atoms with Gasteiger partial charge in [0.1, 0.15) is 17.4 Å². The lowest BCUT2D eigenvalue weighted by atomic mass is 10.1. The number of ether oxygens (including phenoxy) is 1. The van der Waals surface area contributed by atoms with Crippen LogP contribution >= 0.6 is 0 Å². The zero-order valence-corrected chi connectivity index (χ0v) is 15.0. The average molecular weight is 381 g/mol. The van der Waals surface area contributed by atoms with Crippen LogP contribution in [0.2, 0.25) is 0 Å². The van der Waals surface area contributed by atoms with E-state index in [4.69, 9.17) is 4.74 Å². The molecule has 5 nitrogen and oxygen atoms in total. The predicted octanol–water partition coefficient (Wildman–Crippen LogP) is 4.44. The van der Waals surface area contributed by atoms with E-state index in [0.717, 1.165) is 23.8 Å². The van der Waals surface area contributed by atoms with Crippen molar-refractivity contribution < 1.29 is 18.3 Å². The molecule has 1 heterocycles. The number of nitrogens with one attached hydrogen (secondary N) is 1. The van der Waals surface area contributed by atoms with E-state index in [1.54, 1.807) is 24.4 Å². The Hall–Kier alpha value is -3.61. The SMILES string of the molecule is CC(NC(=O)C=Cc1cc(F)cc(F)c1)c1cccc(Oc2cnccn2)c1. The van der Waals surface area contributed by atoms with Crippen molar-refractivity contribution in [1.82, 2.24) is 15.3 Å². The van der Waals surface area contributed by atoms with E-state index in [-0.39, 0.29) is 11.6 Å². The second kappa shape index (κ2) is 8.85. The third kappa shape index (κ3) is 5.44. The lowest BCUT2D eigenvalue weighted by Gasteiger charge is -2.14. The number of benzene rings is 2. The molecule has 28 heavy (non-hydrogen) atoms. The number of amides is 1. The highest BCUT2D eigenvalue weighted by atomic mass is 19.1. The largest absolute Gasteiger partial charge is 0.437 e. The molecule has 142 valence electrons. The van der Waals surface area contributed by atoms with Gasteiger partial charge < -0.3 is 10.1 Å². The van der Waals surface area contributed by atoms with Crippen LogP contribution < -0.4 is 10.1 Å². The molecule has 1 amide bonds. The van der Waals surface area contributed by atoms with Gasteiger partial charge in [-0.1, -0.05) is 12.1 Å². The molecule has 0 bridgehead atoms. The maximum Gasteiger partial charge on any atom is 0.244 e. The molecular weight excluding hydrogens is 364 g/mol. The van der Waals surface area contributed by atoms with Crippen LogP contribution in [0.4, 0.5) is 8.78 Å². The Morgan fingerprint density at radius 2 is 1.93 bits per heavy atom. The van der Waals surface area contributed by atoms with E-state index in [0.29, 0.717) is 11.6 Å². The van der Waals surface area contributed by atoms with Gasteiger partial charge in [-0.2, -0.15) is 0 Å². The first kappa shape index (κ1) is 19.2. The molecule has 0 aliphatic carbocycles. The van der Waals surface area contributed by atoms with Crippen molar-refractivity contribution in [2.75, 3.05) is 0 Å². The van der Waals surface area contributed by atoms with Crippen molar-refractivity contribution in [1.29, 1.82) is 0 Å². The fraction of sp³-hybridized carbons (Fsp3) is 0.0952. The van der Waals surface area contributed by atoms with Gasteiger partial charge >= 0.3 is 0 Å². The monoisotopic (exact) mass is 381 g/mol. The number of hydrogen-bond donors (Lipinski definition) is 1. The molecule has 0 radical (unpaired) electrons. The van der Waals surface area contributed by atoms with E-state index >= 15 is 0 Å². The summed E-state index contributed by atoms with van der Waals surface area (Å²) < 4.78 is 32.0. The summed E-state index contributed by atoms with van der Waals surface area (Å²) >= 11 is 0. The molecular formula is C21H17F2N3O2. The van der Waals surface area contributed by atoms with Crippen molar-refractivity contribution in [3.63, 3.8) is 0 Å². The number of carbonyl (C=O) groups is 1. The number of nitrogens with zero attached hydrogens (tertiary/aromatic N) is 2. The van der Waals surface area contributed by atoms with Crippen LogP contribution in [0.5, 0.6) is 11.6 Å². The molecule has 1 atom stereocenters. The van der Waals surface area contributed by atoms with Crippen molar-refractivity contribution in [2.45, 2.75) is 13.0 Å². The highest BCUT2D eigenvalue weighted by molar-refractivity contribution is 5.91. The number of aromatic nitrogens is 2. The summed E-state index contributed by atoms with van der Waals surface area (Å²) in [5.74, 6) is -0.870. The fourth-order valence-corrected chi connectivity index (χ4v) is 2.49. The topological polar surface area (TPSA) is 64.1 Å². The maximum atomic E-state index is 13.2. The second-order valence-corrected chi connectivity index (χ2v) is 5.98. The summed E-state index contributed by atoms with van der Waals surface area (Å²) in [5.41, 5.74) is 1.08. The van der Waals surface area contributed by atoms with Crippen LogP contribution in [-0.2, 0) is 4.79 Å². The van der Waals surface area contributed by atoms with E-state index < -0.39 is 17.5 Å². The summed E-state index contributed by atoms with van der Waals surface area (Å²) in [6.07, 6.45) is 7.15. The lowest BCUT2D eigenvalue weighted by Crippen LogP contribution is -2.24. The van der Waals surface area contributed by atoms with Gasteiger partial charge in [0.05, 0.1) is 12.2 Å². The van der Waals surface area contributed by atoms with Gasteiger partial charge in [-0.15, -0.1) is 0 Å². The Labute approximate surface area is 160 Å². The van der Waals surface area contributed by atoms with Crippen LogP contribution in [0, 0.1) is 11.6 Å². The third-order valence-electron chi connectivity index (χ3n) is 3.79. The van der Waals surface area contributed by atoms with Gasteiger partial charge in [0.2, 0.25) is 11.8 Å². The van der Waals surface area contributed by atoms with Crippen LogP contribution in [0.15, 0.2) is 67.1 Å². The zero-order valence-electron chi connectivity index (χ0n) is 15.0. The first-order valence-electron chi connectivity index (χ1n) is 8.48. The third-order valence-corrected chi connectivity index (χ3v) is 3.79. The number of rotatable bonds is 6. The average Bonchev–Trinajstić information content (AvgIpc) is 2.67. The van der Waals surface area contributed by atoms with Gasteiger partial charge in [0.25, 0.3) is 0 Å². The van der Waals surface area contributed by atoms with Gasteiger partial charge in [0, 0.05) is 24.5 Å². The van der Waals surface area contributed by atoms with Crippen molar-refractivity contribution in [3.05, 3.63) is 89.9 Å². The molecule has 0 spiro atoms. The number of carbonyl (C=O) groups excluding carboxylic acids is 1. The van der Waals surface area contributed by atoms with E-state index in [1.807, 2.05) is 13.0 Å². The molecule has 0 aliphatic heterocycles. The van der Waals surface area contributed by atoms with Crippen molar-refractivity contribution in [2.24, 2.45) is 0 Å². The smallest absolute Gasteiger partial charge is 0.244 e. The second-order valence-electron chi connectivity index (χ2n) is 5.98. The normalized spacial score (nSPS) is 12.0. The number of hydrogen-bond acceptors (Lipinski definition) is 4. The molecule has 1 unspecified atom stereocenters. The summed E-state index contributed by atoms with van der Waals surface area (Å²) in [5, 5.41) is 2.79. The summed E-state index contributed by atoms with van der Waals surface area (Å²) in [7, 11) is 0. The van der Waals surface area contributed by atoms with Gasteiger partial charge in [-0.05, 0) is 48.4 Å². The Balaban J connectivity index is 1.63. The molecule has 2 aromatic carbocycles. The molecule has 0 fully saturated rings. The molecule has 1 N–H and O–H groups in total. The Kier molecular flexibility index (Phi) is 6.06. The highest BCUT2D eigenvalue weighted by Crippen LogP contribution is 2.23. The molecule has 0 aliphatic rings. The van der Waals surface area contributed by atoms with Gasteiger partial charge in [0.15, 0.2) is 0 Å². The van der Waals surface area contributed by atoms with Crippen molar-refractivity contribution in [3.8, 4) is 11.6 Å². The Bertz CT molecular complexity index is 974. The molecule has 7 heteroatoms.